The molecule has 0 fully saturated rings. The van der Waals surface area contributed by atoms with Gasteiger partial charge in [0, 0.05) is 18.3 Å². The minimum Gasteiger partial charge on any atom is -0.198 e. The normalized spacial score (nSPS) is 13.6. The summed E-state index contributed by atoms with van der Waals surface area (Å²) >= 11 is 0. The van der Waals surface area contributed by atoms with Gasteiger partial charge < -0.3 is 0 Å². The number of rotatable bonds is 9. The fraction of sp³-hybridized carbons (Fsp3) is 0.667. The van der Waals surface area contributed by atoms with Gasteiger partial charge in [-0.1, -0.05) is 6.42 Å². The SMILES string of the molecule is N#CCCCCC(C#N)CC(C#N)CC(C#N)CC#N. The van der Waals surface area contributed by atoms with Crippen LogP contribution in [0, 0.1) is 74.4 Å². The molecule has 0 saturated heterocycles. The van der Waals surface area contributed by atoms with Crippen molar-refractivity contribution in [1.29, 1.82) is 26.3 Å². The summed E-state index contributed by atoms with van der Waals surface area (Å²) in [4.78, 5) is 0. The van der Waals surface area contributed by atoms with Crippen LogP contribution in [0.5, 0.6) is 0 Å². The highest BCUT2D eigenvalue weighted by atomic mass is 14.3. The molecule has 0 saturated carbocycles. The van der Waals surface area contributed by atoms with Crippen molar-refractivity contribution < 1.29 is 0 Å². The number of unbranched alkanes of at least 4 members (excludes halogenated alkanes) is 2. The summed E-state index contributed by atoms with van der Waals surface area (Å²) < 4.78 is 0. The Hall–Kier alpha value is -2.55. The Morgan fingerprint density at radius 2 is 1.25 bits per heavy atom. The molecule has 0 aliphatic heterocycles. The van der Waals surface area contributed by atoms with Crippen molar-refractivity contribution in [3.63, 3.8) is 0 Å². The standard InChI is InChI=1S/C15H17N5/c16-6-3-1-2-4-13(10-18)8-15(12-20)9-14(11-19)5-7-17/h13-15H,1-5,8-9H2. The van der Waals surface area contributed by atoms with Gasteiger partial charge in [0.2, 0.25) is 0 Å². The van der Waals surface area contributed by atoms with Crippen molar-refractivity contribution in [1.82, 2.24) is 0 Å². The van der Waals surface area contributed by atoms with E-state index in [0.29, 0.717) is 25.7 Å². The van der Waals surface area contributed by atoms with Crippen molar-refractivity contribution in [2.45, 2.75) is 44.9 Å². The van der Waals surface area contributed by atoms with E-state index in [1.165, 1.54) is 0 Å². The molecule has 0 heterocycles. The first-order chi connectivity index (χ1) is 9.71. The Morgan fingerprint density at radius 1 is 0.650 bits per heavy atom. The molecule has 0 aromatic rings. The second-order valence-electron chi connectivity index (χ2n) is 4.72. The van der Waals surface area contributed by atoms with E-state index < -0.39 is 5.92 Å². The zero-order chi connectivity index (χ0) is 15.2. The molecule has 0 aliphatic carbocycles. The number of hydrogen-bond donors (Lipinski definition) is 0. The Balaban J connectivity index is 4.29. The summed E-state index contributed by atoms with van der Waals surface area (Å²) in [6.07, 6.45) is 3.61. The van der Waals surface area contributed by atoms with E-state index in [1.807, 2.05) is 12.1 Å². The Labute approximate surface area is 120 Å². The fourth-order valence-corrected chi connectivity index (χ4v) is 2.01. The third-order valence-electron chi connectivity index (χ3n) is 3.11. The molecule has 0 bridgehead atoms. The van der Waals surface area contributed by atoms with E-state index in [2.05, 4.69) is 18.2 Å². The summed E-state index contributed by atoms with van der Waals surface area (Å²) in [7, 11) is 0. The van der Waals surface area contributed by atoms with Gasteiger partial charge in [-0.05, 0) is 25.7 Å². The van der Waals surface area contributed by atoms with E-state index in [-0.39, 0.29) is 18.3 Å². The molecule has 0 amide bonds. The van der Waals surface area contributed by atoms with Gasteiger partial charge in [-0.3, -0.25) is 0 Å². The van der Waals surface area contributed by atoms with Gasteiger partial charge >= 0.3 is 0 Å². The molecule has 3 unspecified atom stereocenters. The highest BCUT2D eigenvalue weighted by Gasteiger charge is 2.20. The zero-order valence-corrected chi connectivity index (χ0v) is 11.4. The highest BCUT2D eigenvalue weighted by Crippen LogP contribution is 2.24. The van der Waals surface area contributed by atoms with Crippen LogP contribution in [-0.2, 0) is 0 Å². The van der Waals surface area contributed by atoms with Crippen molar-refractivity contribution in [2.24, 2.45) is 17.8 Å². The van der Waals surface area contributed by atoms with Crippen LogP contribution >= 0.6 is 0 Å². The van der Waals surface area contributed by atoms with Gasteiger partial charge in [-0.15, -0.1) is 0 Å². The van der Waals surface area contributed by atoms with Crippen LogP contribution in [0.4, 0.5) is 0 Å². The van der Waals surface area contributed by atoms with Crippen LogP contribution < -0.4 is 0 Å². The molecule has 0 N–H and O–H groups in total. The lowest BCUT2D eigenvalue weighted by Crippen LogP contribution is -2.11. The summed E-state index contributed by atoms with van der Waals surface area (Å²) in [5.41, 5.74) is 0. The molecule has 5 nitrogen and oxygen atoms in total. The van der Waals surface area contributed by atoms with Gasteiger partial charge in [-0.2, -0.15) is 26.3 Å². The van der Waals surface area contributed by atoms with Gasteiger partial charge in [0.25, 0.3) is 0 Å². The van der Waals surface area contributed by atoms with Crippen LogP contribution in [-0.4, -0.2) is 0 Å². The Morgan fingerprint density at radius 3 is 1.75 bits per heavy atom. The van der Waals surface area contributed by atoms with Gasteiger partial charge in [0.15, 0.2) is 0 Å². The third-order valence-corrected chi connectivity index (χ3v) is 3.11. The minimum absolute atomic E-state index is 0.119. The fourth-order valence-electron chi connectivity index (χ4n) is 2.01. The number of hydrogen-bond acceptors (Lipinski definition) is 5. The predicted molar refractivity (Wildman–Crippen MR) is 70.9 cm³/mol. The lowest BCUT2D eigenvalue weighted by Gasteiger charge is -2.14. The largest absolute Gasteiger partial charge is 0.198 e. The minimum atomic E-state index is -0.442. The number of nitrogens with zero attached hydrogens (tertiary/aromatic N) is 5. The molecule has 0 aromatic carbocycles. The zero-order valence-electron chi connectivity index (χ0n) is 11.4. The second-order valence-corrected chi connectivity index (χ2v) is 4.72. The van der Waals surface area contributed by atoms with Crippen LogP contribution in [0.1, 0.15) is 44.9 Å². The molecular formula is C15H17N5. The quantitative estimate of drug-likeness (QED) is 0.594. The first kappa shape index (κ1) is 17.4. The summed E-state index contributed by atoms with van der Waals surface area (Å²) in [6.45, 7) is 0. The van der Waals surface area contributed by atoms with Gasteiger partial charge in [0.05, 0.1) is 42.7 Å². The number of nitriles is 5. The molecule has 0 spiro atoms. The molecule has 0 rings (SSSR count). The van der Waals surface area contributed by atoms with Crippen LogP contribution in [0.15, 0.2) is 0 Å². The molecule has 102 valence electrons. The topological polar surface area (TPSA) is 119 Å². The summed E-state index contributed by atoms with van der Waals surface area (Å²) in [5.74, 6) is -1.03. The molecule has 0 radical (unpaired) electrons. The van der Waals surface area contributed by atoms with Crippen molar-refractivity contribution in [2.75, 3.05) is 0 Å². The highest BCUT2D eigenvalue weighted by molar-refractivity contribution is 4.98. The third kappa shape index (κ3) is 7.71. The smallest absolute Gasteiger partial charge is 0.0667 e. The lowest BCUT2D eigenvalue weighted by molar-refractivity contribution is 0.407. The Bertz CT molecular complexity index is 477. The van der Waals surface area contributed by atoms with Crippen LogP contribution in [0.25, 0.3) is 0 Å². The van der Waals surface area contributed by atoms with Crippen LogP contribution in [0.2, 0.25) is 0 Å². The lowest BCUT2D eigenvalue weighted by atomic mass is 9.86. The first-order valence-electron chi connectivity index (χ1n) is 6.64. The van der Waals surface area contributed by atoms with Gasteiger partial charge in [-0.25, -0.2) is 0 Å². The predicted octanol–water partition coefficient (Wildman–Crippen LogP) is 3.18. The molecular weight excluding hydrogens is 250 g/mol. The van der Waals surface area contributed by atoms with E-state index in [0.717, 1.165) is 12.8 Å². The maximum Gasteiger partial charge on any atom is 0.0667 e. The van der Waals surface area contributed by atoms with E-state index in [9.17, 15) is 0 Å². The molecule has 5 heteroatoms. The van der Waals surface area contributed by atoms with E-state index in [4.69, 9.17) is 26.3 Å². The first-order valence-corrected chi connectivity index (χ1v) is 6.64. The molecule has 3 atom stereocenters. The summed E-state index contributed by atoms with van der Waals surface area (Å²) in [6, 6.07) is 10.3. The Kier molecular flexibility index (Phi) is 10.1. The van der Waals surface area contributed by atoms with Crippen molar-refractivity contribution >= 4 is 0 Å². The van der Waals surface area contributed by atoms with Gasteiger partial charge in [0.1, 0.15) is 0 Å². The molecule has 0 aliphatic rings. The maximum absolute atomic E-state index is 9.10. The average Bonchev–Trinajstić information content (AvgIpc) is 2.48. The van der Waals surface area contributed by atoms with Crippen molar-refractivity contribution in [3.8, 4) is 30.3 Å². The second kappa shape index (κ2) is 11.5. The molecule has 20 heavy (non-hydrogen) atoms. The maximum atomic E-state index is 9.10. The monoisotopic (exact) mass is 267 g/mol. The molecule has 0 aromatic heterocycles. The average molecular weight is 267 g/mol. The van der Waals surface area contributed by atoms with E-state index in [1.54, 1.807) is 0 Å². The van der Waals surface area contributed by atoms with Crippen LogP contribution in [0.3, 0.4) is 0 Å². The summed E-state index contributed by atoms with van der Waals surface area (Å²) in [5, 5.41) is 44.1. The van der Waals surface area contributed by atoms with Crippen molar-refractivity contribution in [3.05, 3.63) is 0 Å². The van der Waals surface area contributed by atoms with E-state index >= 15 is 0 Å².